The molecule has 122 valence electrons. The minimum atomic E-state index is -0.355. The van der Waals surface area contributed by atoms with Gasteiger partial charge >= 0.3 is 6.03 Å². The summed E-state index contributed by atoms with van der Waals surface area (Å²) in [5, 5.41) is 17.4. The van der Waals surface area contributed by atoms with Crippen molar-refractivity contribution in [3.05, 3.63) is 21.9 Å². The smallest absolute Gasteiger partial charge is 0.317 e. The number of carbonyl (C=O) groups is 1. The van der Waals surface area contributed by atoms with E-state index in [1.807, 2.05) is 4.90 Å². The number of hydrogen-bond acceptors (Lipinski definition) is 4. The highest BCUT2D eigenvalue weighted by Crippen LogP contribution is 2.29. The van der Waals surface area contributed by atoms with E-state index >= 15 is 0 Å². The Bertz CT molecular complexity index is 519. The number of carbonyl (C=O) groups excluding carboxylic acids is 1. The van der Waals surface area contributed by atoms with Gasteiger partial charge in [-0.25, -0.2) is 4.79 Å². The van der Waals surface area contributed by atoms with E-state index in [-0.39, 0.29) is 24.1 Å². The number of rotatable bonds is 3. The van der Waals surface area contributed by atoms with Gasteiger partial charge in [0.15, 0.2) is 0 Å². The number of thiophene rings is 1. The molecule has 1 aromatic heterocycles. The molecule has 3 atom stereocenters. The number of nitrogens with zero attached hydrogens (tertiary/aromatic N) is 1. The van der Waals surface area contributed by atoms with E-state index < -0.39 is 0 Å². The molecule has 2 aliphatic rings. The second-order valence-electron chi connectivity index (χ2n) is 6.24. The van der Waals surface area contributed by atoms with Gasteiger partial charge in [0.25, 0.3) is 0 Å². The molecule has 2 saturated heterocycles. The first-order valence-electron chi connectivity index (χ1n) is 7.98. The van der Waals surface area contributed by atoms with Gasteiger partial charge in [-0.1, -0.05) is 0 Å². The molecule has 0 saturated carbocycles. The third kappa shape index (κ3) is 3.29. The molecule has 6 heteroatoms. The molecule has 2 fully saturated rings. The highest BCUT2D eigenvalue weighted by atomic mass is 32.1. The van der Waals surface area contributed by atoms with Crippen LogP contribution in [0.4, 0.5) is 4.79 Å². The van der Waals surface area contributed by atoms with E-state index in [1.165, 1.54) is 11.1 Å². The van der Waals surface area contributed by atoms with Gasteiger partial charge in [-0.2, -0.15) is 11.3 Å². The zero-order valence-corrected chi connectivity index (χ0v) is 13.8. The third-order valence-corrected chi connectivity index (χ3v) is 5.72. The van der Waals surface area contributed by atoms with Gasteiger partial charge in [0.1, 0.15) is 0 Å². The summed E-state index contributed by atoms with van der Waals surface area (Å²) in [6.07, 6.45) is 2.27. The lowest BCUT2D eigenvalue weighted by atomic mass is 9.89. The maximum atomic E-state index is 12.5. The zero-order valence-electron chi connectivity index (χ0n) is 13.0. The second kappa shape index (κ2) is 6.98. The van der Waals surface area contributed by atoms with Crippen LogP contribution in [-0.4, -0.2) is 47.9 Å². The standard InChI is InChI=1S/C16H24N2O3S/c1-11-9-22-10-12(11)7-17-16(20)18-5-2-3-14(18)13-8-21-6-4-15(13)19/h9-10,13-15,19H,2-8H2,1H3,(H,17,20)/t13-,14-,15-/m1/s1. The number of aliphatic hydroxyl groups is 1. The molecule has 1 aromatic rings. The van der Waals surface area contributed by atoms with Crippen LogP contribution in [0.5, 0.6) is 0 Å². The second-order valence-corrected chi connectivity index (χ2v) is 6.98. The van der Waals surface area contributed by atoms with Crippen LogP contribution in [-0.2, 0) is 11.3 Å². The number of hydrogen-bond donors (Lipinski definition) is 2. The van der Waals surface area contributed by atoms with Crippen molar-refractivity contribution in [2.45, 2.75) is 44.9 Å². The Balaban J connectivity index is 1.60. The summed E-state index contributed by atoms with van der Waals surface area (Å²) in [5.41, 5.74) is 2.40. The van der Waals surface area contributed by atoms with E-state index in [4.69, 9.17) is 4.74 Å². The monoisotopic (exact) mass is 324 g/mol. The Kier molecular flexibility index (Phi) is 5.00. The molecule has 2 aliphatic heterocycles. The van der Waals surface area contributed by atoms with Crippen LogP contribution in [0.3, 0.4) is 0 Å². The van der Waals surface area contributed by atoms with Gasteiger partial charge in [0, 0.05) is 31.7 Å². The zero-order chi connectivity index (χ0) is 15.5. The summed E-state index contributed by atoms with van der Waals surface area (Å²) in [7, 11) is 0. The highest BCUT2D eigenvalue weighted by Gasteiger charge is 2.39. The first-order valence-corrected chi connectivity index (χ1v) is 8.93. The predicted molar refractivity (Wildman–Crippen MR) is 86.0 cm³/mol. The van der Waals surface area contributed by atoms with Crippen LogP contribution in [0.25, 0.3) is 0 Å². The van der Waals surface area contributed by atoms with Crippen molar-refractivity contribution >= 4 is 17.4 Å². The summed E-state index contributed by atoms with van der Waals surface area (Å²) in [6, 6.07) is 0.0738. The van der Waals surface area contributed by atoms with Gasteiger partial charge in [-0.3, -0.25) is 0 Å². The van der Waals surface area contributed by atoms with Crippen molar-refractivity contribution in [1.82, 2.24) is 10.2 Å². The van der Waals surface area contributed by atoms with Crippen LogP contribution in [0.1, 0.15) is 30.4 Å². The lowest BCUT2D eigenvalue weighted by Crippen LogP contribution is -2.50. The summed E-state index contributed by atoms with van der Waals surface area (Å²) in [6.45, 7) is 4.57. The Morgan fingerprint density at radius 1 is 1.50 bits per heavy atom. The fourth-order valence-corrected chi connectivity index (χ4v) is 4.30. The van der Waals surface area contributed by atoms with Crippen LogP contribution in [0.2, 0.25) is 0 Å². The van der Waals surface area contributed by atoms with Crippen molar-refractivity contribution in [3.63, 3.8) is 0 Å². The Morgan fingerprint density at radius 3 is 3.09 bits per heavy atom. The molecule has 22 heavy (non-hydrogen) atoms. The maximum absolute atomic E-state index is 12.5. The van der Waals surface area contributed by atoms with Gasteiger partial charge in [-0.05, 0) is 48.1 Å². The number of ether oxygens (including phenoxy) is 1. The minimum absolute atomic E-state index is 0.0223. The quantitative estimate of drug-likeness (QED) is 0.895. The first kappa shape index (κ1) is 15.8. The Morgan fingerprint density at radius 2 is 2.36 bits per heavy atom. The fourth-order valence-electron chi connectivity index (χ4n) is 3.45. The van der Waals surface area contributed by atoms with E-state index in [0.29, 0.717) is 26.2 Å². The van der Waals surface area contributed by atoms with Crippen LogP contribution in [0.15, 0.2) is 10.8 Å². The average Bonchev–Trinajstić information content (AvgIpc) is 3.14. The molecule has 2 N–H and O–H groups in total. The summed E-state index contributed by atoms with van der Waals surface area (Å²) in [4.78, 5) is 14.4. The molecule has 5 nitrogen and oxygen atoms in total. The average molecular weight is 324 g/mol. The first-order chi connectivity index (χ1) is 10.7. The molecule has 3 rings (SSSR count). The topological polar surface area (TPSA) is 61.8 Å². The van der Waals surface area contributed by atoms with E-state index in [1.54, 1.807) is 11.3 Å². The molecule has 3 heterocycles. The molecule has 0 unspecified atom stereocenters. The van der Waals surface area contributed by atoms with Gasteiger partial charge in [0.2, 0.25) is 0 Å². The minimum Gasteiger partial charge on any atom is -0.393 e. The number of aryl methyl sites for hydroxylation is 1. The van der Waals surface area contributed by atoms with Crippen molar-refractivity contribution in [2.75, 3.05) is 19.8 Å². The van der Waals surface area contributed by atoms with Gasteiger partial charge < -0.3 is 20.1 Å². The Hall–Kier alpha value is -1.11. The normalized spacial score (nSPS) is 28.8. The molecule has 0 aliphatic carbocycles. The van der Waals surface area contributed by atoms with E-state index in [9.17, 15) is 9.90 Å². The fraction of sp³-hybridized carbons (Fsp3) is 0.688. The summed E-state index contributed by atoms with van der Waals surface area (Å²) >= 11 is 1.66. The molecular weight excluding hydrogens is 300 g/mol. The maximum Gasteiger partial charge on any atom is 0.317 e. The summed E-state index contributed by atoms with van der Waals surface area (Å²) < 4.78 is 5.51. The SMILES string of the molecule is Cc1cscc1CNC(=O)N1CCC[C@@H]1[C@H]1COCC[C@H]1O. The van der Waals surface area contributed by atoms with Crippen molar-refractivity contribution in [2.24, 2.45) is 5.92 Å². The number of likely N-dealkylation sites (tertiary alicyclic amines) is 1. The predicted octanol–water partition coefficient (Wildman–Crippen LogP) is 2.13. The molecule has 0 bridgehead atoms. The largest absolute Gasteiger partial charge is 0.393 e. The Labute approximate surface area is 135 Å². The molecule has 0 spiro atoms. The van der Waals surface area contributed by atoms with Gasteiger partial charge in [-0.15, -0.1) is 0 Å². The lowest BCUT2D eigenvalue weighted by molar-refractivity contribution is -0.0576. The van der Waals surface area contributed by atoms with Crippen molar-refractivity contribution in [1.29, 1.82) is 0 Å². The lowest BCUT2D eigenvalue weighted by Gasteiger charge is -2.36. The van der Waals surface area contributed by atoms with Crippen molar-refractivity contribution in [3.8, 4) is 0 Å². The molecular formula is C16H24N2O3S. The molecule has 0 radical (unpaired) electrons. The number of aliphatic hydroxyl groups excluding tert-OH is 1. The van der Waals surface area contributed by atoms with Crippen LogP contribution in [0, 0.1) is 12.8 Å². The van der Waals surface area contributed by atoms with Crippen LogP contribution >= 0.6 is 11.3 Å². The summed E-state index contributed by atoms with van der Waals surface area (Å²) in [5.74, 6) is 0.0462. The highest BCUT2D eigenvalue weighted by molar-refractivity contribution is 7.08. The van der Waals surface area contributed by atoms with Crippen molar-refractivity contribution < 1.29 is 14.6 Å². The van der Waals surface area contributed by atoms with E-state index in [0.717, 1.165) is 19.4 Å². The third-order valence-electron chi connectivity index (χ3n) is 4.81. The van der Waals surface area contributed by atoms with Crippen LogP contribution < -0.4 is 5.32 Å². The molecule has 0 aromatic carbocycles. The number of amides is 2. The van der Waals surface area contributed by atoms with Gasteiger partial charge in [0.05, 0.1) is 12.7 Å². The number of nitrogens with one attached hydrogen (secondary N) is 1. The van der Waals surface area contributed by atoms with E-state index in [2.05, 4.69) is 23.0 Å². The number of urea groups is 1. The molecule has 2 amide bonds.